The van der Waals surface area contributed by atoms with Gasteiger partial charge in [0.2, 0.25) is 0 Å². The predicted molar refractivity (Wildman–Crippen MR) is 95.6 cm³/mol. The van der Waals surface area contributed by atoms with Gasteiger partial charge in [-0.3, -0.25) is 4.79 Å². The number of hydrogen-bond donors (Lipinski definition) is 2. The van der Waals surface area contributed by atoms with Crippen LogP contribution in [0, 0.1) is 0 Å². The number of primary amides is 1. The van der Waals surface area contributed by atoms with Gasteiger partial charge in [0.1, 0.15) is 0 Å². The Morgan fingerprint density at radius 2 is 2.21 bits per heavy atom. The number of methoxy groups -OCH3 is 1. The zero-order valence-electron chi connectivity index (χ0n) is 14.1. The zero-order valence-corrected chi connectivity index (χ0v) is 14.8. The van der Waals surface area contributed by atoms with Crippen LogP contribution in [0.1, 0.15) is 37.7 Å². The number of benzene rings is 1. The van der Waals surface area contributed by atoms with Gasteiger partial charge in [-0.15, -0.1) is 0 Å². The van der Waals surface area contributed by atoms with E-state index in [1.54, 1.807) is 5.57 Å². The van der Waals surface area contributed by atoms with E-state index in [2.05, 4.69) is 11.4 Å². The first kappa shape index (κ1) is 18.6. The lowest BCUT2D eigenvalue weighted by molar-refractivity contribution is -0.119. The number of ether oxygens (including phenoxy) is 2. The lowest BCUT2D eigenvalue weighted by Crippen LogP contribution is -2.20. The van der Waals surface area contributed by atoms with Crippen molar-refractivity contribution < 1.29 is 14.3 Å². The summed E-state index contributed by atoms with van der Waals surface area (Å²) in [4.78, 5) is 10.9. The summed E-state index contributed by atoms with van der Waals surface area (Å²) < 4.78 is 10.6. The Kier molecular flexibility index (Phi) is 7.40. The molecule has 1 aliphatic carbocycles. The van der Waals surface area contributed by atoms with E-state index < -0.39 is 5.91 Å². The summed E-state index contributed by atoms with van der Waals surface area (Å²) in [5, 5.41) is 3.83. The molecule has 24 heavy (non-hydrogen) atoms. The van der Waals surface area contributed by atoms with Crippen molar-refractivity contribution in [2.45, 2.75) is 38.6 Å². The van der Waals surface area contributed by atoms with Crippen molar-refractivity contribution in [3.63, 3.8) is 0 Å². The van der Waals surface area contributed by atoms with E-state index in [0.29, 0.717) is 23.1 Å². The summed E-state index contributed by atoms with van der Waals surface area (Å²) in [6.07, 6.45) is 8.54. The van der Waals surface area contributed by atoms with Crippen molar-refractivity contribution in [3.05, 3.63) is 34.4 Å². The third-order valence-electron chi connectivity index (χ3n) is 3.99. The molecule has 1 aromatic rings. The number of hydrogen-bond acceptors (Lipinski definition) is 4. The highest BCUT2D eigenvalue weighted by Gasteiger charge is 2.13. The highest BCUT2D eigenvalue weighted by Crippen LogP contribution is 2.36. The summed E-state index contributed by atoms with van der Waals surface area (Å²) in [7, 11) is 1.54. The molecule has 0 radical (unpaired) electrons. The SMILES string of the molecule is COc1cc(CNCCC2=CCCCC2)cc(Cl)c1OCC(N)=O. The third kappa shape index (κ3) is 5.73. The molecule has 6 heteroatoms. The maximum Gasteiger partial charge on any atom is 0.255 e. The second-order valence-electron chi connectivity index (χ2n) is 5.90. The van der Waals surface area contributed by atoms with Gasteiger partial charge < -0.3 is 20.5 Å². The van der Waals surface area contributed by atoms with E-state index in [1.165, 1.54) is 32.8 Å². The van der Waals surface area contributed by atoms with Crippen LogP contribution in [0.5, 0.6) is 11.5 Å². The second-order valence-corrected chi connectivity index (χ2v) is 6.31. The quantitative estimate of drug-likeness (QED) is 0.528. The largest absolute Gasteiger partial charge is 0.493 e. The van der Waals surface area contributed by atoms with Crippen molar-refractivity contribution in [2.24, 2.45) is 5.73 Å². The minimum absolute atomic E-state index is 0.233. The first-order chi connectivity index (χ1) is 11.6. The van der Waals surface area contributed by atoms with Crippen LogP contribution in [0.2, 0.25) is 5.02 Å². The number of rotatable bonds is 9. The molecule has 2 rings (SSSR count). The molecule has 0 saturated carbocycles. The Morgan fingerprint density at radius 3 is 2.88 bits per heavy atom. The molecule has 0 heterocycles. The first-order valence-corrected chi connectivity index (χ1v) is 8.64. The molecule has 132 valence electrons. The molecule has 0 atom stereocenters. The average Bonchev–Trinajstić information content (AvgIpc) is 2.58. The lowest BCUT2D eigenvalue weighted by atomic mass is 9.97. The zero-order chi connectivity index (χ0) is 17.4. The molecule has 0 bridgehead atoms. The van der Waals surface area contributed by atoms with E-state index in [0.717, 1.165) is 18.5 Å². The summed E-state index contributed by atoms with van der Waals surface area (Å²) in [5.41, 5.74) is 7.65. The van der Waals surface area contributed by atoms with Gasteiger partial charge in [0.25, 0.3) is 5.91 Å². The van der Waals surface area contributed by atoms with Crippen molar-refractivity contribution >= 4 is 17.5 Å². The van der Waals surface area contributed by atoms with Gasteiger partial charge in [0.15, 0.2) is 18.1 Å². The molecule has 0 unspecified atom stereocenters. The van der Waals surface area contributed by atoms with Gasteiger partial charge in [0, 0.05) is 6.54 Å². The van der Waals surface area contributed by atoms with Crippen LogP contribution in [0.25, 0.3) is 0 Å². The number of halogens is 1. The Balaban J connectivity index is 1.89. The fraction of sp³-hybridized carbons (Fsp3) is 0.500. The summed E-state index contributed by atoms with van der Waals surface area (Å²) >= 11 is 6.24. The first-order valence-electron chi connectivity index (χ1n) is 8.26. The molecular weight excluding hydrogens is 328 g/mol. The third-order valence-corrected chi connectivity index (χ3v) is 4.27. The number of nitrogens with one attached hydrogen (secondary N) is 1. The monoisotopic (exact) mass is 352 g/mol. The number of amides is 1. The number of carbonyl (C=O) groups excluding carboxylic acids is 1. The Morgan fingerprint density at radius 1 is 1.38 bits per heavy atom. The maximum atomic E-state index is 10.9. The number of allylic oxidation sites excluding steroid dienone is 1. The summed E-state index contributed by atoms with van der Waals surface area (Å²) in [5.74, 6) is 0.278. The lowest BCUT2D eigenvalue weighted by Gasteiger charge is -2.15. The van der Waals surface area contributed by atoms with Crippen molar-refractivity contribution in [3.8, 4) is 11.5 Å². The molecule has 0 fully saturated rings. The Bertz CT molecular complexity index is 602. The van der Waals surface area contributed by atoms with Gasteiger partial charge in [-0.05, 0) is 56.3 Å². The van der Waals surface area contributed by atoms with Gasteiger partial charge in [-0.25, -0.2) is 0 Å². The fourth-order valence-corrected chi connectivity index (χ4v) is 3.06. The van der Waals surface area contributed by atoms with E-state index >= 15 is 0 Å². The topological polar surface area (TPSA) is 73.6 Å². The second kappa shape index (κ2) is 9.55. The predicted octanol–water partition coefficient (Wildman–Crippen LogP) is 3.19. The van der Waals surface area contributed by atoms with Crippen molar-refractivity contribution in [2.75, 3.05) is 20.3 Å². The Hall–Kier alpha value is -1.72. The number of carbonyl (C=O) groups is 1. The van der Waals surface area contributed by atoms with Crippen molar-refractivity contribution in [1.29, 1.82) is 0 Å². The molecule has 3 N–H and O–H groups in total. The minimum Gasteiger partial charge on any atom is -0.493 e. The molecular formula is C18H25ClN2O3. The minimum atomic E-state index is -0.559. The van der Waals surface area contributed by atoms with Crippen LogP contribution in [0.4, 0.5) is 0 Å². The van der Waals surface area contributed by atoms with Crippen LogP contribution in [0.15, 0.2) is 23.8 Å². The summed E-state index contributed by atoms with van der Waals surface area (Å²) in [6, 6.07) is 3.67. The molecule has 1 amide bonds. The van der Waals surface area contributed by atoms with Crippen LogP contribution in [-0.2, 0) is 11.3 Å². The van der Waals surface area contributed by atoms with Crippen LogP contribution >= 0.6 is 11.6 Å². The molecule has 0 aliphatic heterocycles. The highest BCUT2D eigenvalue weighted by molar-refractivity contribution is 6.32. The van der Waals surface area contributed by atoms with Gasteiger partial charge in [0.05, 0.1) is 12.1 Å². The van der Waals surface area contributed by atoms with Crippen LogP contribution in [-0.4, -0.2) is 26.2 Å². The average molecular weight is 353 g/mol. The molecule has 0 aromatic heterocycles. The normalized spacial score (nSPS) is 14.2. The fourth-order valence-electron chi connectivity index (χ4n) is 2.77. The van der Waals surface area contributed by atoms with Crippen LogP contribution in [0.3, 0.4) is 0 Å². The maximum absolute atomic E-state index is 10.9. The van der Waals surface area contributed by atoms with Crippen LogP contribution < -0.4 is 20.5 Å². The molecule has 1 aromatic carbocycles. The molecule has 5 nitrogen and oxygen atoms in total. The molecule has 0 spiro atoms. The van der Waals surface area contributed by atoms with E-state index in [9.17, 15) is 4.79 Å². The highest BCUT2D eigenvalue weighted by atomic mass is 35.5. The van der Waals surface area contributed by atoms with E-state index in [1.807, 2.05) is 12.1 Å². The van der Waals surface area contributed by atoms with Gasteiger partial charge in [-0.2, -0.15) is 0 Å². The van der Waals surface area contributed by atoms with Gasteiger partial charge in [-0.1, -0.05) is 23.3 Å². The van der Waals surface area contributed by atoms with Gasteiger partial charge >= 0.3 is 0 Å². The molecule has 1 aliphatic rings. The smallest absolute Gasteiger partial charge is 0.255 e. The van der Waals surface area contributed by atoms with Crippen molar-refractivity contribution in [1.82, 2.24) is 5.32 Å². The molecule has 0 saturated heterocycles. The summed E-state index contributed by atoms with van der Waals surface area (Å²) in [6.45, 7) is 1.40. The Labute approximate surface area is 148 Å². The van der Waals surface area contributed by atoms with E-state index in [-0.39, 0.29) is 6.61 Å². The number of nitrogens with two attached hydrogens (primary N) is 1. The standard InChI is InChI=1S/C18H25ClN2O3/c1-23-16-10-14(9-15(19)18(16)24-12-17(20)22)11-21-8-7-13-5-3-2-4-6-13/h5,9-10,21H,2-4,6-8,11-12H2,1H3,(H2,20,22). The van der Waals surface area contributed by atoms with E-state index in [4.69, 9.17) is 26.8 Å².